The fourth-order valence-electron chi connectivity index (χ4n) is 1.91. The molecule has 0 aromatic heterocycles. The van der Waals surface area contributed by atoms with Gasteiger partial charge >= 0.3 is 0 Å². The molecule has 0 bridgehead atoms. The molecule has 1 rings (SSSR count). The first-order chi connectivity index (χ1) is 7.44. The van der Waals surface area contributed by atoms with E-state index < -0.39 is 5.54 Å². The van der Waals surface area contributed by atoms with E-state index in [0.29, 0.717) is 12.8 Å². The Bertz CT molecular complexity index is 392. The molecule has 0 saturated carbocycles. The van der Waals surface area contributed by atoms with Gasteiger partial charge in [-0.15, -0.1) is 0 Å². The summed E-state index contributed by atoms with van der Waals surface area (Å²) in [5.74, 6) is 0.0648. The van der Waals surface area contributed by atoms with Gasteiger partial charge in [-0.2, -0.15) is 0 Å². The molecule has 2 heteroatoms. The molecular formula is C14H21NO. The van der Waals surface area contributed by atoms with Gasteiger partial charge < -0.3 is 5.73 Å². The number of aryl methyl sites for hydroxylation is 2. The number of hydrogen-bond donors (Lipinski definition) is 1. The highest BCUT2D eigenvalue weighted by molar-refractivity contribution is 6.04. The van der Waals surface area contributed by atoms with Crippen LogP contribution in [0.25, 0.3) is 0 Å². The van der Waals surface area contributed by atoms with Crippen LogP contribution in [-0.4, -0.2) is 11.3 Å². The summed E-state index contributed by atoms with van der Waals surface area (Å²) >= 11 is 0. The summed E-state index contributed by atoms with van der Waals surface area (Å²) < 4.78 is 0. The molecule has 0 heterocycles. The molecule has 0 aliphatic heterocycles. The van der Waals surface area contributed by atoms with E-state index in [1.165, 1.54) is 5.56 Å². The maximum absolute atomic E-state index is 12.3. The number of nitrogens with two attached hydrogens (primary N) is 1. The summed E-state index contributed by atoms with van der Waals surface area (Å²) in [6, 6.07) is 5.88. The van der Waals surface area contributed by atoms with Crippen molar-refractivity contribution in [2.45, 2.75) is 46.1 Å². The van der Waals surface area contributed by atoms with Gasteiger partial charge in [0.2, 0.25) is 0 Å². The largest absolute Gasteiger partial charge is 0.319 e. The number of carbonyl (C=O) groups excluding carboxylic acids is 1. The number of rotatable bonds is 4. The lowest BCUT2D eigenvalue weighted by atomic mass is 9.84. The minimum atomic E-state index is -0.708. The second kappa shape index (κ2) is 4.79. The molecule has 0 aliphatic carbocycles. The number of ketones is 1. The van der Waals surface area contributed by atoms with Crippen LogP contribution in [0.4, 0.5) is 0 Å². The van der Waals surface area contributed by atoms with Crippen molar-refractivity contribution >= 4 is 5.78 Å². The standard InChI is InChI=1S/C14H21NO/c1-5-14(15,6-2)13(16)12-8-7-10(3)9-11(12)4/h7-9H,5-6,15H2,1-4H3. The van der Waals surface area contributed by atoms with Gasteiger partial charge in [-0.3, -0.25) is 4.79 Å². The zero-order valence-corrected chi connectivity index (χ0v) is 10.6. The Morgan fingerprint density at radius 2 is 1.81 bits per heavy atom. The van der Waals surface area contributed by atoms with E-state index in [-0.39, 0.29) is 5.78 Å². The lowest BCUT2D eigenvalue weighted by molar-refractivity contribution is 0.0879. The number of hydrogen-bond acceptors (Lipinski definition) is 2. The Kier molecular flexibility index (Phi) is 3.87. The fourth-order valence-corrected chi connectivity index (χ4v) is 1.91. The van der Waals surface area contributed by atoms with Crippen LogP contribution in [0.2, 0.25) is 0 Å². The Hall–Kier alpha value is -1.15. The van der Waals surface area contributed by atoms with Crippen molar-refractivity contribution in [1.29, 1.82) is 0 Å². The lowest BCUT2D eigenvalue weighted by Crippen LogP contribution is -2.47. The molecule has 0 spiro atoms. The van der Waals surface area contributed by atoms with Crippen molar-refractivity contribution in [2.24, 2.45) is 5.73 Å². The Morgan fingerprint density at radius 1 is 1.25 bits per heavy atom. The molecule has 0 saturated heterocycles. The summed E-state index contributed by atoms with van der Waals surface area (Å²) in [7, 11) is 0. The van der Waals surface area contributed by atoms with Crippen LogP contribution in [-0.2, 0) is 0 Å². The summed E-state index contributed by atoms with van der Waals surface area (Å²) in [5.41, 5.74) is 8.37. The van der Waals surface area contributed by atoms with E-state index in [9.17, 15) is 4.79 Å². The van der Waals surface area contributed by atoms with Gasteiger partial charge in [0.1, 0.15) is 0 Å². The summed E-state index contributed by atoms with van der Waals surface area (Å²) in [4.78, 5) is 12.3. The minimum Gasteiger partial charge on any atom is -0.319 e. The minimum absolute atomic E-state index is 0.0648. The Balaban J connectivity index is 3.14. The maximum Gasteiger partial charge on any atom is 0.182 e. The van der Waals surface area contributed by atoms with Crippen molar-refractivity contribution in [3.05, 3.63) is 34.9 Å². The van der Waals surface area contributed by atoms with Crippen molar-refractivity contribution in [1.82, 2.24) is 0 Å². The topological polar surface area (TPSA) is 43.1 Å². The van der Waals surface area contributed by atoms with E-state index in [4.69, 9.17) is 5.73 Å². The molecule has 0 atom stereocenters. The predicted molar refractivity (Wildman–Crippen MR) is 67.7 cm³/mol. The average Bonchev–Trinajstić information content (AvgIpc) is 2.27. The van der Waals surface area contributed by atoms with Crippen LogP contribution >= 0.6 is 0 Å². The fraction of sp³-hybridized carbons (Fsp3) is 0.500. The van der Waals surface area contributed by atoms with Crippen LogP contribution in [0.1, 0.15) is 48.2 Å². The second-order valence-corrected chi connectivity index (χ2v) is 4.51. The molecule has 0 aliphatic rings. The molecule has 88 valence electrons. The predicted octanol–water partition coefficient (Wildman–Crippen LogP) is 3.00. The Labute approximate surface area is 97.9 Å². The van der Waals surface area contributed by atoms with Gasteiger partial charge in [0.25, 0.3) is 0 Å². The molecule has 0 unspecified atom stereocenters. The van der Waals surface area contributed by atoms with Crippen molar-refractivity contribution in [3.8, 4) is 0 Å². The monoisotopic (exact) mass is 219 g/mol. The van der Waals surface area contributed by atoms with Crippen LogP contribution in [0.5, 0.6) is 0 Å². The van der Waals surface area contributed by atoms with E-state index in [2.05, 4.69) is 0 Å². The van der Waals surface area contributed by atoms with Gasteiger partial charge in [-0.1, -0.05) is 37.6 Å². The van der Waals surface area contributed by atoms with Crippen LogP contribution in [0.15, 0.2) is 18.2 Å². The quantitative estimate of drug-likeness (QED) is 0.791. The average molecular weight is 219 g/mol. The zero-order valence-electron chi connectivity index (χ0n) is 10.6. The molecule has 0 fully saturated rings. The van der Waals surface area contributed by atoms with Gasteiger partial charge in [-0.05, 0) is 32.3 Å². The van der Waals surface area contributed by atoms with Crippen LogP contribution in [0.3, 0.4) is 0 Å². The SMILES string of the molecule is CCC(N)(CC)C(=O)c1ccc(C)cc1C. The van der Waals surface area contributed by atoms with E-state index >= 15 is 0 Å². The second-order valence-electron chi connectivity index (χ2n) is 4.51. The van der Waals surface area contributed by atoms with E-state index in [1.54, 1.807) is 0 Å². The molecular weight excluding hydrogens is 198 g/mol. The maximum atomic E-state index is 12.3. The van der Waals surface area contributed by atoms with Gasteiger partial charge in [0, 0.05) is 5.56 Å². The molecule has 2 N–H and O–H groups in total. The van der Waals surface area contributed by atoms with Crippen molar-refractivity contribution in [2.75, 3.05) is 0 Å². The molecule has 2 nitrogen and oxygen atoms in total. The number of benzene rings is 1. The smallest absolute Gasteiger partial charge is 0.182 e. The summed E-state index contributed by atoms with van der Waals surface area (Å²) in [5, 5.41) is 0. The third-order valence-electron chi connectivity index (χ3n) is 3.34. The number of carbonyl (C=O) groups is 1. The zero-order chi connectivity index (χ0) is 12.3. The molecule has 1 aromatic rings. The first-order valence-electron chi connectivity index (χ1n) is 5.85. The van der Waals surface area contributed by atoms with Gasteiger partial charge in [0.15, 0.2) is 5.78 Å². The van der Waals surface area contributed by atoms with Crippen molar-refractivity contribution < 1.29 is 4.79 Å². The van der Waals surface area contributed by atoms with Crippen molar-refractivity contribution in [3.63, 3.8) is 0 Å². The van der Waals surface area contributed by atoms with Crippen LogP contribution < -0.4 is 5.73 Å². The van der Waals surface area contributed by atoms with Crippen LogP contribution in [0, 0.1) is 13.8 Å². The highest BCUT2D eigenvalue weighted by atomic mass is 16.1. The molecule has 0 radical (unpaired) electrons. The van der Waals surface area contributed by atoms with E-state index in [0.717, 1.165) is 11.1 Å². The summed E-state index contributed by atoms with van der Waals surface area (Å²) in [6.45, 7) is 7.92. The summed E-state index contributed by atoms with van der Waals surface area (Å²) in [6.07, 6.45) is 1.35. The van der Waals surface area contributed by atoms with Gasteiger partial charge in [0.05, 0.1) is 5.54 Å². The molecule has 16 heavy (non-hydrogen) atoms. The van der Waals surface area contributed by atoms with E-state index in [1.807, 2.05) is 45.9 Å². The molecule has 0 amide bonds. The van der Waals surface area contributed by atoms with Gasteiger partial charge in [-0.25, -0.2) is 0 Å². The third-order valence-corrected chi connectivity index (χ3v) is 3.34. The lowest BCUT2D eigenvalue weighted by Gasteiger charge is -2.25. The first-order valence-corrected chi connectivity index (χ1v) is 5.85. The number of Topliss-reactive ketones (excluding diaryl/α,β-unsaturated/α-hetero) is 1. The first kappa shape index (κ1) is 12.9. The Morgan fingerprint density at radius 3 is 2.25 bits per heavy atom. The molecule has 1 aromatic carbocycles. The highest BCUT2D eigenvalue weighted by Crippen LogP contribution is 2.21. The normalized spacial score (nSPS) is 11.6. The third kappa shape index (κ3) is 2.33. The highest BCUT2D eigenvalue weighted by Gasteiger charge is 2.31.